The standard InChI is InChI=1S/C12H17N5O/c1-18-8-9-2-4-16(6-9)12-11-14-3-5-17(11)7-10(13)15-12/h3,5,7,9H,2,4,6,8,13H2,1H3. The average Bonchev–Trinajstić information content (AvgIpc) is 2.96. The SMILES string of the molecule is COCC1CCN(c2nc(N)cn3ccnc23)C1. The highest BCUT2D eigenvalue weighted by Crippen LogP contribution is 2.26. The minimum absolute atomic E-state index is 0.519. The number of methoxy groups -OCH3 is 1. The first-order chi connectivity index (χ1) is 8.78. The topological polar surface area (TPSA) is 68.7 Å². The molecule has 2 aromatic heterocycles. The first-order valence-corrected chi connectivity index (χ1v) is 6.11. The molecule has 3 rings (SSSR count). The van der Waals surface area contributed by atoms with E-state index in [0.717, 1.165) is 37.6 Å². The summed E-state index contributed by atoms with van der Waals surface area (Å²) in [6, 6.07) is 0. The number of nitrogens with two attached hydrogens (primary N) is 1. The minimum Gasteiger partial charge on any atom is -0.384 e. The average molecular weight is 247 g/mol. The van der Waals surface area contributed by atoms with Crippen molar-refractivity contribution in [3.8, 4) is 0 Å². The molecule has 3 heterocycles. The lowest BCUT2D eigenvalue weighted by atomic mass is 10.1. The molecule has 1 aliphatic rings. The third kappa shape index (κ3) is 1.88. The van der Waals surface area contributed by atoms with E-state index in [9.17, 15) is 0 Å². The third-order valence-electron chi connectivity index (χ3n) is 3.36. The van der Waals surface area contributed by atoms with Crippen LogP contribution in [0.1, 0.15) is 6.42 Å². The molecule has 0 amide bonds. The molecule has 0 aliphatic carbocycles. The molecule has 0 aromatic carbocycles. The monoisotopic (exact) mass is 247 g/mol. The smallest absolute Gasteiger partial charge is 0.180 e. The zero-order valence-electron chi connectivity index (χ0n) is 10.4. The molecule has 1 atom stereocenters. The van der Waals surface area contributed by atoms with Crippen molar-refractivity contribution in [2.75, 3.05) is 37.4 Å². The van der Waals surface area contributed by atoms with Gasteiger partial charge < -0.3 is 19.8 Å². The summed E-state index contributed by atoms with van der Waals surface area (Å²) in [7, 11) is 1.74. The predicted molar refractivity (Wildman–Crippen MR) is 69.6 cm³/mol. The van der Waals surface area contributed by atoms with Crippen LogP contribution in [-0.2, 0) is 4.74 Å². The van der Waals surface area contributed by atoms with Gasteiger partial charge in [0.1, 0.15) is 5.82 Å². The highest BCUT2D eigenvalue weighted by Gasteiger charge is 2.25. The number of rotatable bonds is 3. The zero-order valence-corrected chi connectivity index (χ0v) is 10.4. The fourth-order valence-electron chi connectivity index (χ4n) is 2.54. The molecule has 2 aromatic rings. The lowest BCUT2D eigenvalue weighted by Gasteiger charge is -2.18. The van der Waals surface area contributed by atoms with Crippen molar-refractivity contribution in [3.63, 3.8) is 0 Å². The van der Waals surface area contributed by atoms with Crippen molar-refractivity contribution < 1.29 is 4.74 Å². The van der Waals surface area contributed by atoms with Crippen molar-refractivity contribution in [2.24, 2.45) is 5.92 Å². The van der Waals surface area contributed by atoms with Crippen molar-refractivity contribution in [3.05, 3.63) is 18.6 Å². The number of aromatic nitrogens is 3. The van der Waals surface area contributed by atoms with E-state index in [0.29, 0.717) is 11.7 Å². The summed E-state index contributed by atoms with van der Waals surface area (Å²) in [4.78, 5) is 11.0. The van der Waals surface area contributed by atoms with E-state index < -0.39 is 0 Å². The maximum absolute atomic E-state index is 5.83. The third-order valence-corrected chi connectivity index (χ3v) is 3.36. The Labute approximate surface area is 105 Å². The second kappa shape index (κ2) is 4.45. The Morgan fingerprint density at radius 2 is 2.44 bits per heavy atom. The Kier molecular flexibility index (Phi) is 2.79. The summed E-state index contributed by atoms with van der Waals surface area (Å²) >= 11 is 0. The van der Waals surface area contributed by atoms with Gasteiger partial charge in [0.2, 0.25) is 0 Å². The van der Waals surface area contributed by atoms with Gasteiger partial charge in [0.15, 0.2) is 11.5 Å². The number of imidazole rings is 1. The second-order valence-electron chi connectivity index (χ2n) is 4.70. The van der Waals surface area contributed by atoms with Crippen molar-refractivity contribution in [1.82, 2.24) is 14.4 Å². The van der Waals surface area contributed by atoms with Gasteiger partial charge in [-0.05, 0) is 6.42 Å². The summed E-state index contributed by atoms with van der Waals surface area (Å²) in [6.07, 6.45) is 6.56. The molecule has 1 aliphatic heterocycles. The van der Waals surface area contributed by atoms with Crippen LogP contribution in [0.25, 0.3) is 5.65 Å². The number of anilines is 2. The molecular formula is C12H17N5O. The van der Waals surface area contributed by atoms with Gasteiger partial charge in [-0.3, -0.25) is 0 Å². The Bertz CT molecular complexity index is 552. The van der Waals surface area contributed by atoms with E-state index in [1.165, 1.54) is 0 Å². The first-order valence-electron chi connectivity index (χ1n) is 6.11. The van der Waals surface area contributed by atoms with Crippen LogP contribution in [0.5, 0.6) is 0 Å². The van der Waals surface area contributed by atoms with Crippen molar-refractivity contribution in [1.29, 1.82) is 0 Å². The Balaban J connectivity index is 1.92. The fourth-order valence-corrected chi connectivity index (χ4v) is 2.54. The summed E-state index contributed by atoms with van der Waals surface area (Å²) in [6.45, 7) is 2.73. The van der Waals surface area contributed by atoms with Crippen LogP contribution >= 0.6 is 0 Å². The number of hydrogen-bond acceptors (Lipinski definition) is 5. The lowest BCUT2D eigenvalue weighted by Crippen LogP contribution is -2.23. The number of nitrogen functional groups attached to an aromatic ring is 1. The summed E-state index contributed by atoms with van der Waals surface area (Å²) < 4.78 is 7.13. The molecule has 1 unspecified atom stereocenters. The van der Waals surface area contributed by atoms with Crippen LogP contribution in [0.4, 0.5) is 11.6 Å². The normalized spacial score (nSPS) is 19.8. The van der Waals surface area contributed by atoms with Gasteiger partial charge in [-0.15, -0.1) is 0 Å². The van der Waals surface area contributed by atoms with Crippen molar-refractivity contribution in [2.45, 2.75) is 6.42 Å². The number of nitrogens with zero attached hydrogens (tertiary/aromatic N) is 4. The highest BCUT2D eigenvalue weighted by atomic mass is 16.5. The molecule has 6 nitrogen and oxygen atoms in total. The van der Waals surface area contributed by atoms with E-state index in [-0.39, 0.29) is 0 Å². The lowest BCUT2D eigenvalue weighted by molar-refractivity contribution is 0.161. The summed E-state index contributed by atoms with van der Waals surface area (Å²) in [5.41, 5.74) is 6.70. The highest BCUT2D eigenvalue weighted by molar-refractivity contribution is 5.66. The molecule has 1 fully saturated rings. The Morgan fingerprint density at radius 1 is 1.56 bits per heavy atom. The van der Waals surface area contributed by atoms with Gasteiger partial charge >= 0.3 is 0 Å². The Morgan fingerprint density at radius 3 is 3.28 bits per heavy atom. The summed E-state index contributed by atoms with van der Waals surface area (Å²) in [5.74, 6) is 1.96. The van der Waals surface area contributed by atoms with Crippen LogP contribution in [0.15, 0.2) is 18.6 Å². The quantitative estimate of drug-likeness (QED) is 0.868. The van der Waals surface area contributed by atoms with Gasteiger partial charge in [0, 0.05) is 38.5 Å². The molecule has 6 heteroatoms. The van der Waals surface area contributed by atoms with Crippen LogP contribution in [0, 0.1) is 5.92 Å². The maximum atomic E-state index is 5.83. The molecule has 0 bridgehead atoms. The van der Waals surface area contributed by atoms with Crippen LogP contribution in [-0.4, -0.2) is 41.2 Å². The van der Waals surface area contributed by atoms with Gasteiger partial charge in [-0.1, -0.05) is 0 Å². The number of hydrogen-bond donors (Lipinski definition) is 1. The number of fused-ring (bicyclic) bond motifs is 1. The van der Waals surface area contributed by atoms with E-state index in [2.05, 4.69) is 14.9 Å². The van der Waals surface area contributed by atoms with E-state index in [1.807, 2.05) is 10.6 Å². The molecule has 0 saturated carbocycles. The first kappa shape index (κ1) is 11.3. The maximum Gasteiger partial charge on any atom is 0.180 e. The molecule has 2 N–H and O–H groups in total. The van der Waals surface area contributed by atoms with E-state index >= 15 is 0 Å². The molecule has 0 radical (unpaired) electrons. The van der Waals surface area contributed by atoms with Crippen LogP contribution < -0.4 is 10.6 Å². The fraction of sp³-hybridized carbons (Fsp3) is 0.500. The molecule has 96 valence electrons. The predicted octanol–water partition coefficient (Wildman–Crippen LogP) is 0.784. The largest absolute Gasteiger partial charge is 0.384 e. The van der Waals surface area contributed by atoms with Gasteiger partial charge in [0.25, 0.3) is 0 Å². The van der Waals surface area contributed by atoms with Crippen LogP contribution in [0.2, 0.25) is 0 Å². The minimum atomic E-state index is 0.519. The zero-order chi connectivity index (χ0) is 12.5. The molecular weight excluding hydrogens is 230 g/mol. The summed E-state index contributed by atoms with van der Waals surface area (Å²) in [5, 5.41) is 0. The second-order valence-corrected chi connectivity index (χ2v) is 4.70. The van der Waals surface area contributed by atoms with Gasteiger partial charge in [-0.25, -0.2) is 9.97 Å². The molecule has 18 heavy (non-hydrogen) atoms. The van der Waals surface area contributed by atoms with Crippen LogP contribution in [0.3, 0.4) is 0 Å². The molecule has 1 saturated heterocycles. The van der Waals surface area contributed by atoms with E-state index in [4.69, 9.17) is 10.5 Å². The number of ether oxygens (including phenoxy) is 1. The van der Waals surface area contributed by atoms with E-state index in [1.54, 1.807) is 19.5 Å². The van der Waals surface area contributed by atoms with Crippen molar-refractivity contribution >= 4 is 17.3 Å². The van der Waals surface area contributed by atoms with Gasteiger partial charge in [0.05, 0.1) is 12.8 Å². The Hall–Kier alpha value is -1.82. The van der Waals surface area contributed by atoms with Gasteiger partial charge in [-0.2, -0.15) is 0 Å². The molecule has 0 spiro atoms.